The summed E-state index contributed by atoms with van der Waals surface area (Å²) in [6, 6.07) is 4.43. The van der Waals surface area contributed by atoms with Crippen molar-refractivity contribution in [3.05, 3.63) is 29.6 Å². The number of hydrogen-bond donors (Lipinski definition) is 1. The number of nitrogen functional groups attached to an aromatic ring is 1. The Bertz CT molecular complexity index is 402. The van der Waals surface area contributed by atoms with Gasteiger partial charge in [-0.3, -0.25) is 4.79 Å². The van der Waals surface area contributed by atoms with E-state index < -0.39 is 5.82 Å². The first-order chi connectivity index (χ1) is 7.09. The maximum atomic E-state index is 12.9. The van der Waals surface area contributed by atoms with Crippen LogP contribution >= 0.6 is 0 Å². The van der Waals surface area contributed by atoms with Gasteiger partial charge in [0, 0.05) is 18.7 Å². The molecule has 3 nitrogen and oxygen atoms in total. The Morgan fingerprint density at radius 2 is 2.20 bits per heavy atom. The summed E-state index contributed by atoms with van der Waals surface area (Å²) < 4.78 is 12.9. The highest BCUT2D eigenvalue weighted by Gasteiger charge is 2.30. The predicted molar refractivity (Wildman–Crippen MR) is 55.9 cm³/mol. The summed E-state index contributed by atoms with van der Waals surface area (Å²) in [4.78, 5) is 13.5. The van der Waals surface area contributed by atoms with Crippen molar-refractivity contribution >= 4 is 11.6 Å². The Morgan fingerprint density at radius 3 is 2.73 bits per heavy atom. The third kappa shape index (κ3) is 1.93. The van der Waals surface area contributed by atoms with Crippen molar-refractivity contribution in [1.29, 1.82) is 0 Å². The van der Waals surface area contributed by atoms with E-state index in [2.05, 4.69) is 0 Å². The normalized spacial score (nSPS) is 15.1. The van der Waals surface area contributed by atoms with Crippen molar-refractivity contribution in [2.24, 2.45) is 0 Å². The highest BCUT2D eigenvalue weighted by Crippen LogP contribution is 2.27. The topological polar surface area (TPSA) is 46.3 Å². The van der Waals surface area contributed by atoms with E-state index in [4.69, 9.17) is 5.73 Å². The molecular weight excluding hydrogens is 195 g/mol. The zero-order valence-electron chi connectivity index (χ0n) is 8.53. The smallest absolute Gasteiger partial charge is 0.253 e. The highest BCUT2D eigenvalue weighted by atomic mass is 19.1. The van der Waals surface area contributed by atoms with Crippen molar-refractivity contribution in [3.63, 3.8) is 0 Å². The largest absolute Gasteiger partial charge is 0.396 e. The number of anilines is 1. The SMILES string of the molecule is CN(C(=O)c1ccc(F)c(N)c1)C1CC1. The van der Waals surface area contributed by atoms with Gasteiger partial charge in [-0.1, -0.05) is 0 Å². The van der Waals surface area contributed by atoms with Crippen LogP contribution in [0, 0.1) is 5.82 Å². The Labute approximate surface area is 87.7 Å². The molecular formula is C11H13FN2O. The second kappa shape index (κ2) is 3.53. The number of carbonyl (C=O) groups is 1. The maximum absolute atomic E-state index is 12.9. The van der Waals surface area contributed by atoms with Crippen LogP contribution in [0.3, 0.4) is 0 Å². The molecule has 1 aliphatic carbocycles. The number of nitrogens with two attached hydrogens (primary N) is 1. The highest BCUT2D eigenvalue weighted by molar-refractivity contribution is 5.95. The van der Waals surface area contributed by atoms with E-state index in [0.717, 1.165) is 12.8 Å². The number of amides is 1. The van der Waals surface area contributed by atoms with E-state index in [1.54, 1.807) is 11.9 Å². The van der Waals surface area contributed by atoms with E-state index in [1.165, 1.54) is 18.2 Å². The molecule has 0 aromatic heterocycles. The lowest BCUT2D eigenvalue weighted by molar-refractivity contribution is 0.0785. The van der Waals surface area contributed by atoms with Crippen LogP contribution in [-0.4, -0.2) is 23.9 Å². The lowest BCUT2D eigenvalue weighted by atomic mass is 10.1. The van der Waals surface area contributed by atoms with Crippen LogP contribution in [-0.2, 0) is 0 Å². The maximum Gasteiger partial charge on any atom is 0.253 e. The van der Waals surface area contributed by atoms with Gasteiger partial charge in [-0.2, -0.15) is 0 Å². The van der Waals surface area contributed by atoms with Gasteiger partial charge in [-0.25, -0.2) is 4.39 Å². The number of nitrogens with zero attached hydrogens (tertiary/aromatic N) is 1. The first-order valence-electron chi connectivity index (χ1n) is 4.92. The summed E-state index contributed by atoms with van der Waals surface area (Å²) in [5.41, 5.74) is 5.87. The molecule has 0 atom stereocenters. The molecule has 2 rings (SSSR count). The molecule has 0 radical (unpaired) electrons. The zero-order chi connectivity index (χ0) is 11.0. The Hall–Kier alpha value is -1.58. The summed E-state index contributed by atoms with van der Waals surface area (Å²) in [6.45, 7) is 0. The second-order valence-electron chi connectivity index (χ2n) is 3.88. The van der Waals surface area contributed by atoms with Crippen LogP contribution in [0.1, 0.15) is 23.2 Å². The first-order valence-corrected chi connectivity index (χ1v) is 4.92. The molecule has 0 spiro atoms. The van der Waals surface area contributed by atoms with Crippen molar-refractivity contribution in [1.82, 2.24) is 4.90 Å². The first kappa shape index (κ1) is 9.96. The number of rotatable bonds is 2. The molecule has 0 saturated heterocycles. The monoisotopic (exact) mass is 208 g/mol. The van der Waals surface area contributed by atoms with Gasteiger partial charge >= 0.3 is 0 Å². The fourth-order valence-electron chi connectivity index (χ4n) is 1.51. The van der Waals surface area contributed by atoms with E-state index in [1.807, 2.05) is 0 Å². The minimum Gasteiger partial charge on any atom is -0.396 e. The summed E-state index contributed by atoms with van der Waals surface area (Å²) >= 11 is 0. The Kier molecular flexibility index (Phi) is 2.34. The summed E-state index contributed by atoms with van der Waals surface area (Å²) in [6.07, 6.45) is 2.11. The zero-order valence-corrected chi connectivity index (χ0v) is 8.53. The molecule has 1 aliphatic rings. The van der Waals surface area contributed by atoms with Crippen LogP contribution in [0.25, 0.3) is 0 Å². The van der Waals surface area contributed by atoms with Crippen LogP contribution in [0.15, 0.2) is 18.2 Å². The average Bonchev–Trinajstić information content (AvgIpc) is 3.03. The molecule has 0 heterocycles. The number of halogens is 1. The predicted octanol–water partition coefficient (Wildman–Crippen LogP) is 1.64. The number of carbonyl (C=O) groups excluding carboxylic acids is 1. The lowest BCUT2D eigenvalue weighted by Crippen LogP contribution is -2.28. The number of hydrogen-bond acceptors (Lipinski definition) is 2. The standard InChI is InChI=1S/C11H13FN2O/c1-14(8-3-4-8)11(15)7-2-5-9(12)10(13)6-7/h2,5-6,8H,3-4,13H2,1H3. The fourth-order valence-corrected chi connectivity index (χ4v) is 1.51. The van der Waals surface area contributed by atoms with Crippen molar-refractivity contribution in [2.75, 3.05) is 12.8 Å². The molecule has 1 saturated carbocycles. The fraction of sp³-hybridized carbons (Fsp3) is 0.364. The molecule has 1 amide bonds. The van der Waals surface area contributed by atoms with Crippen molar-refractivity contribution < 1.29 is 9.18 Å². The van der Waals surface area contributed by atoms with Gasteiger partial charge < -0.3 is 10.6 Å². The Morgan fingerprint density at radius 1 is 1.53 bits per heavy atom. The third-order valence-corrected chi connectivity index (χ3v) is 2.66. The molecule has 1 aromatic carbocycles. The van der Waals surface area contributed by atoms with Crippen molar-refractivity contribution in [2.45, 2.75) is 18.9 Å². The average molecular weight is 208 g/mol. The molecule has 80 valence electrons. The Balaban J connectivity index is 2.21. The van der Waals surface area contributed by atoms with Gasteiger partial charge in [0.2, 0.25) is 0 Å². The summed E-state index contributed by atoms with van der Waals surface area (Å²) in [5.74, 6) is -0.579. The molecule has 1 fully saturated rings. The summed E-state index contributed by atoms with van der Waals surface area (Å²) in [5, 5.41) is 0. The second-order valence-corrected chi connectivity index (χ2v) is 3.88. The molecule has 1 aromatic rings. The number of benzene rings is 1. The van der Waals surface area contributed by atoms with Crippen LogP contribution in [0.5, 0.6) is 0 Å². The molecule has 2 N–H and O–H groups in total. The van der Waals surface area contributed by atoms with Gasteiger partial charge in [0.25, 0.3) is 5.91 Å². The van der Waals surface area contributed by atoms with Crippen LogP contribution in [0.4, 0.5) is 10.1 Å². The van der Waals surface area contributed by atoms with Gasteiger partial charge in [0.1, 0.15) is 5.82 Å². The van der Waals surface area contributed by atoms with Gasteiger partial charge in [0.05, 0.1) is 5.69 Å². The minimum atomic E-state index is -0.486. The van der Waals surface area contributed by atoms with Crippen LogP contribution < -0.4 is 5.73 Å². The van der Waals surface area contributed by atoms with Gasteiger partial charge in [0.15, 0.2) is 0 Å². The quantitative estimate of drug-likeness (QED) is 0.751. The van der Waals surface area contributed by atoms with E-state index in [0.29, 0.717) is 11.6 Å². The molecule has 15 heavy (non-hydrogen) atoms. The molecule has 0 unspecified atom stereocenters. The van der Waals surface area contributed by atoms with Crippen molar-refractivity contribution in [3.8, 4) is 0 Å². The van der Waals surface area contributed by atoms with Crippen LogP contribution in [0.2, 0.25) is 0 Å². The third-order valence-electron chi connectivity index (χ3n) is 2.66. The van der Waals surface area contributed by atoms with E-state index in [-0.39, 0.29) is 11.6 Å². The molecule has 0 bridgehead atoms. The lowest BCUT2D eigenvalue weighted by Gasteiger charge is -2.16. The minimum absolute atomic E-state index is 0.0186. The summed E-state index contributed by atoms with van der Waals surface area (Å²) in [7, 11) is 1.76. The van der Waals surface area contributed by atoms with E-state index >= 15 is 0 Å². The van der Waals surface area contributed by atoms with E-state index in [9.17, 15) is 9.18 Å². The van der Waals surface area contributed by atoms with Gasteiger partial charge in [-0.05, 0) is 31.0 Å². The molecule has 4 heteroatoms. The van der Waals surface area contributed by atoms with Gasteiger partial charge in [-0.15, -0.1) is 0 Å². The molecule has 0 aliphatic heterocycles.